The number of hydrogen-bond donors (Lipinski definition) is 1. The zero-order valence-electron chi connectivity index (χ0n) is 13.2. The molecule has 24 heavy (non-hydrogen) atoms. The number of nitrogens with zero attached hydrogens (tertiary/aromatic N) is 1. The smallest absolute Gasteiger partial charge is 0.250 e. The molecule has 1 N–H and O–H groups in total. The van der Waals surface area contributed by atoms with E-state index in [9.17, 15) is 13.2 Å². The molecule has 0 spiro atoms. The summed E-state index contributed by atoms with van der Waals surface area (Å²) in [5, 5.41) is 1.71. The van der Waals surface area contributed by atoms with Crippen LogP contribution in [0.2, 0.25) is 0 Å². The van der Waals surface area contributed by atoms with Crippen molar-refractivity contribution in [2.75, 3.05) is 13.1 Å². The highest BCUT2D eigenvalue weighted by Crippen LogP contribution is 2.18. The van der Waals surface area contributed by atoms with Crippen LogP contribution in [-0.2, 0) is 21.2 Å². The predicted molar refractivity (Wildman–Crippen MR) is 94.4 cm³/mol. The summed E-state index contributed by atoms with van der Waals surface area (Å²) in [5.41, 5.74) is 0.934. The van der Waals surface area contributed by atoms with Gasteiger partial charge in [-0.3, -0.25) is 4.79 Å². The number of amides is 1. The van der Waals surface area contributed by atoms with Gasteiger partial charge in [-0.05, 0) is 36.3 Å². The second-order valence-electron chi connectivity index (χ2n) is 5.83. The molecule has 0 saturated carbocycles. The van der Waals surface area contributed by atoms with E-state index in [1.54, 1.807) is 22.4 Å². The lowest BCUT2D eigenvalue weighted by atomic mass is 10.1. The van der Waals surface area contributed by atoms with Crippen molar-refractivity contribution in [1.82, 2.24) is 9.62 Å². The van der Waals surface area contributed by atoms with Crippen LogP contribution in [0.1, 0.15) is 18.4 Å². The van der Waals surface area contributed by atoms with E-state index in [2.05, 4.69) is 4.72 Å². The molecule has 1 unspecified atom stereocenters. The summed E-state index contributed by atoms with van der Waals surface area (Å²) in [6, 6.07) is 11.9. The first kappa shape index (κ1) is 17.1. The van der Waals surface area contributed by atoms with Crippen molar-refractivity contribution < 1.29 is 13.2 Å². The summed E-state index contributed by atoms with van der Waals surface area (Å²) < 4.78 is 27.9. The zero-order valence-corrected chi connectivity index (χ0v) is 14.9. The molecule has 1 aromatic carbocycles. The Hall–Kier alpha value is -1.70. The number of carbonyl (C=O) groups is 1. The van der Waals surface area contributed by atoms with E-state index in [0.717, 1.165) is 29.7 Å². The Kier molecular flexibility index (Phi) is 5.33. The molecule has 1 saturated heterocycles. The number of likely N-dealkylation sites (tertiary alicyclic amines) is 1. The lowest BCUT2D eigenvalue weighted by Crippen LogP contribution is -2.48. The third kappa shape index (κ3) is 4.03. The Morgan fingerprint density at radius 2 is 1.83 bits per heavy atom. The second kappa shape index (κ2) is 7.46. The molecular formula is C17H20N2O3S2. The largest absolute Gasteiger partial charge is 0.341 e. The second-order valence-corrected chi connectivity index (χ2v) is 8.72. The minimum absolute atomic E-state index is 0.142. The average molecular weight is 364 g/mol. The SMILES string of the molecule is O=C(C(Cc1ccccc1)NS(=O)(=O)c1cccs1)N1CCCC1. The highest BCUT2D eigenvalue weighted by Gasteiger charge is 2.31. The van der Waals surface area contributed by atoms with Crippen molar-refractivity contribution >= 4 is 27.3 Å². The average Bonchev–Trinajstić information content (AvgIpc) is 3.28. The predicted octanol–water partition coefficient (Wildman–Crippen LogP) is 2.26. The quantitative estimate of drug-likeness (QED) is 0.855. The van der Waals surface area contributed by atoms with Gasteiger partial charge in [0.05, 0.1) is 0 Å². The Morgan fingerprint density at radius 3 is 2.46 bits per heavy atom. The Labute approximate surface area is 146 Å². The molecule has 1 aliphatic heterocycles. The van der Waals surface area contributed by atoms with Crippen LogP contribution in [0.15, 0.2) is 52.1 Å². The molecule has 0 radical (unpaired) electrons. The van der Waals surface area contributed by atoms with Crippen LogP contribution >= 0.6 is 11.3 Å². The number of sulfonamides is 1. The number of benzene rings is 1. The molecule has 0 bridgehead atoms. The van der Waals surface area contributed by atoms with Crippen molar-refractivity contribution in [2.45, 2.75) is 29.5 Å². The first-order valence-electron chi connectivity index (χ1n) is 7.95. The van der Waals surface area contributed by atoms with Gasteiger partial charge in [0.25, 0.3) is 10.0 Å². The Bertz CT molecular complexity index is 767. The van der Waals surface area contributed by atoms with Crippen molar-refractivity contribution in [1.29, 1.82) is 0 Å². The lowest BCUT2D eigenvalue weighted by Gasteiger charge is -2.24. The van der Waals surface area contributed by atoms with Crippen molar-refractivity contribution in [3.63, 3.8) is 0 Å². The summed E-state index contributed by atoms with van der Waals surface area (Å²) in [6.07, 6.45) is 2.30. The fraction of sp³-hybridized carbons (Fsp3) is 0.353. The molecule has 1 atom stereocenters. The normalized spacial score (nSPS) is 16.2. The first-order valence-corrected chi connectivity index (χ1v) is 10.3. The van der Waals surface area contributed by atoms with Crippen LogP contribution in [0.3, 0.4) is 0 Å². The Balaban J connectivity index is 1.82. The van der Waals surface area contributed by atoms with Gasteiger partial charge in [0.2, 0.25) is 5.91 Å². The molecule has 1 amide bonds. The lowest BCUT2D eigenvalue weighted by molar-refractivity contribution is -0.131. The number of carbonyl (C=O) groups excluding carboxylic acids is 1. The van der Waals surface area contributed by atoms with E-state index >= 15 is 0 Å². The summed E-state index contributed by atoms with van der Waals surface area (Å²) in [6.45, 7) is 1.40. The molecule has 5 nitrogen and oxygen atoms in total. The van der Waals surface area contributed by atoms with E-state index in [1.807, 2.05) is 30.3 Å². The third-order valence-electron chi connectivity index (χ3n) is 4.06. The molecule has 1 aromatic heterocycles. The van der Waals surface area contributed by atoms with Gasteiger partial charge in [0.15, 0.2) is 0 Å². The van der Waals surface area contributed by atoms with Crippen molar-refractivity contribution in [3.8, 4) is 0 Å². The van der Waals surface area contributed by atoms with Gasteiger partial charge in [-0.2, -0.15) is 4.72 Å². The van der Waals surface area contributed by atoms with E-state index in [4.69, 9.17) is 0 Å². The van der Waals surface area contributed by atoms with Crippen LogP contribution in [0.4, 0.5) is 0 Å². The van der Waals surface area contributed by atoms with E-state index in [1.165, 1.54) is 0 Å². The highest BCUT2D eigenvalue weighted by atomic mass is 32.2. The van der Waals surface area contributed by atoms with Gasteiger partial charge in [0.1, 0.15) is 10.3 Å². The molecule has 2 heterocycles. The molecule has 0 aliphatic carbocycles. The maximum Gasteiger partial charge on any atom is 0.250 e. The molecule has 2 aromatic rings. The zero-order chi connectivity index (χ0) is 17.0. The topological polar surface area (TPSA) is 66.5 Å². The maximum absolute atomic E-state index is 12.8. The molecule has 128 valence electrons. The standard InChI is InChI=1S/C17H20N2O3S2/c20-17(19-10-4-5-11-19)15(13-14-7-2-1-3-8-14)18-24(21,22)16-9-6-12-23-16/h1-3,6-9,12,15,18H,4-5,10-11,13H2. The fourth-order valence-electron chi connectivity index (χ4n) is 2.85. The molecule has 3 rings (SSSR count). The highest BCUT2D eigenvalue weighted by molar-refractivity contribution is 7.91. The minimum Gasteiger partial charge on any atom is -0.341 e. The van der Waals surface area contributed by atoms with E-state index in [-0.39, 0.29) is 10.1 Å². The fourth-order valence-corrected chi connectivity index (χ4v) is 5.05. The van der Waals surface area contributed by atoms with Gasteiger partial charge >= 0.3 is 0 Å². The van der Waals surface area contributed by atoms with Crippen molar-refractivity contribution in [3.05, 3.63) is 53.4 Å². The minimum atomic E-state index is -3.69. The maximum atomic E-state index is 12.8. The van der Waals surface area contributed by atoms with Gasteiger partial charge < -0.3 is 4.90 Å². The summed E-state index contributed by atoms with van der Waals surface area (Å²) >= 11 is 1.15. The van der Waals surface area contributed by atoms with Gasteiger partial charge in [-0.25, -0.2) is 8.42 Å². The summed E-state index contributed by atoms with van der Waals surface area (Å²) in [7, 11) is -3.69. The number of hydrogen-bond acceptors (Lipinski definition) is 4. The van der Waals surface area contributed by atoms with Gasteiger partial charge in [-0.1, -0.05) is 36.4 Å². The Morgan fingerprint density at radius 1 is 1.12 bits per heavy atom. The summed E-state index contributed by atoms with van der Waals surface area (Å²) in [5.74, 6) is -0.142. The van der Waals surface area contributed by atoms with Crippen molar-refractivity contribution in [2.24, 2.45) is 0 Å². The van der Waals surface area contributed by atoms with Gasteiger partial charge in [-0.15, -0.1) is 11.3 Å². The van der Waals surface area contributed by atoms with Crippen LogP contribution in [0.5, 0.6) is 0 Å². The number of rotatable bonds is 6. The van der Waals surface area contributed by atoms with E-state index < -0.39 is 16.1 Å². The molecule has 1 aliphatic rings. The first-order chi connectivity index (χ1) is 11.6. The van der Waals surface area contributed by atoms with Crippen LogP contribution in [0.25, 0.3) is 0 Å². The number of nitrogens with one attached hydrogen (secondary N) is 1. The van der Waals surface area contributed by atoms with Crippen LogP contribution in [0, 0.1) is 0 Å². The third-order valence-corrected chi connectivity index (χ3v) is 6.92. The van der Waals surface area contributed by atoms with Gasteiger partial charge in [0, 0.05) is 13.1 Å². The summed E-state index contributed by atoms with van der Waals surface area (Å²) in [4.78, 5) is 14.6. The molecular weight excluding hydrogens is 344 g/mol. The van der Waals surface area contributed by atoms with Crippen LogP contribution in [-0.4, -0.2) is 38.4 Å². The van der Waals surface area contributed by atoms with E-state index in [0.29, 0.717) is 19.5 Å². The molecule has 1 fully saturated rings. The molecule has 7 heteroatoms. The monoisotopic (exact) mass is 364 g/mol. The van der Waals surface area contributed by atoms with Crippen LogP contribution < -0.4 is 4.72 Å². The number of thiophene rings is 1.